The molecular weight excluding hydrogens is 458 g/mol. The number of aliphatic hydroxyl groups is 1. The van der Waals surface area contributed by atoms with E-state index >= 15 is 0 Å². The first-order valence-corrected chi connectivity index (χ1v) is 12.1. The Hall–Kier alpha value is -4.11. The van der Waals surface area contributed by atoms with Gasteiger partial charge in [-0.05, 0) is 55.3 Å². The molecule has 1 aliphatic rings. The number of carbonyl (C=O) groups is 1. The summed E-state index contributed by atoms with van der Waals surface area (Å²) in [5, 5.41) is 17.0. The molecule has 2 aromatic heterocycles. The van der Waals surface area contributed by atoms with Crippen molar-refractivity contribution in [3.05, 3.63) is 82.8 Å². The van der Waals surface area contributed by atoms with Crippen molar-refractivity contribution in [1.82, 2.24) is 14.3 Å². The molecule has 9 heteroatoms. The predicted octanol–water partition coefficient (Wildman–Crippen LogP) is 4.28. The van der Waals surface area contributed by atoms with Gasteiger partial charge in [-0.15, -0.1) is 0 Å². The molecule has 0 aliphatic heterocycles. The van der Waals surface area contributed by atoms with Gasteiger partial charge in [0.2, 0.25) is 6.35 Å². The van der Waals surface area contributed by atoms with Crippen molar-refractivity contribution in [2.24, 2.45) is 0 Å². The second kappa shape index (κ2) is 10.2. The monoisotopic (exact) mass is 487 g/mol. The number of esters is 1. The molecule has 186 valence electrons. The Balaban J connectivity index is 1.48. The topological polar surface area (TPSA) is 110 Å². The van der Waals surface area contributed by atoms with Crippen LogP contribution in [0.5, 0.6) is 0 Å². The van der Waals surface area contributed by atoms with Gasteiger partial charge in [0.05, 0.1) is 35.3 Å². The highest BCUT2D eigenvalue weighted by Gasteiger charge is 2.24. The second-order valence-corrected chi connectivity index (χ2v) is 8.90. The van der Waals surface area contributed by atoms with Crippen LogP contribution in [0, 0.1) is 0 Å². The van der Waals surface area contributed by atoms with Gasteiger partial charge in [0, 0.05) is 11.9 Å². The van der Waals surface area contributed by atoms with E-state index in [9.17, 15) is 14.7 Å². The van der Waals surface area contributed by atoms with E-state index in [1.54, 1.807) is 41.2 Å². The van der Waals surface area contributed by atoms with Crippen molar-refractivity contribution in [1.29, 1.82) is 0 Å². The second-order valence-electron chi connectivity index (χ2n) is 8.90. The van der Waals surface area contributed by atoms with Crippen molar-refractivity contribution in [3.63, 3.8) is 0 Å². The molecule has 0 radical (unpaired) electrons. The summed E-state index contributed by atoms with van der Waals surface area (Å²) in [6.07, 6.45) is 5.97. The number of ether oxygens (including phenoxy) is 1. The lowest BCUT2D eigenvalue weighted by molar-refractivity contribution is 0.0601. The van der Waals surface area contributed by atoms with Crippen LogP contribution in [0.2, 0.25) is 0 Å². The third-order valence-corrected chi connectivity index (χ3v) is 6.60. The lowest BCUT2D eigenvalue weighted by Crippen LogP contribution is -2.29. The zero-order valence-electron chi connectivity index (χ0n) is 20.1. The maximum Gasteiger partial charge on any atom is 0.339 e. The summed E-state index contributed by atoms with van der Waals surface area (Å²) in [6.45, 7) is 0. The van der Waals surface area contributed by atoms with Crippen LogP contribution in [0.15, 0.2) is 71.7 Å². The number of aliphatic hydroxyl groups excluding tert-OH is 1. The van der Waals surface area contributed by atoms with E-state index in [1.165, 1.54) is 13.5 Å². The fourth-order valence-corrected chi connectivity index (χ4v) is 4.93. The molecule has 1 aliphatic carbocycles. The number of benzene rings is 2. The van der Waals surface area contributed by atoms with Gasteiger partial charge in [0.1, 0.15) is 0 Å². The molecule has 5 rings (SSSR count). The van der Waals surface area contributed by atoms with Crippen LogP contribution in [-0.2, 0) is 4.74 Å². The largest absolute Gasteiger partial charge is 0.465 e. The first-order valence-electron chi connectivity index (χ1n) is 12.1. The number of nitrogens with one attached hydrogen (secondary N) is 2. The van der Waals surface area contributed by atoms with Crippen LogP contribution in [-0.4, -0.2) is 38.9 Å². The van der Waals surface area contributed by atoms with Crippen molar-refractivity contribution in [2.45, 2.75) is 44.5 Å². The molecule has 36 heavy (non-hydrogen) atoms. The summed E-state index contributed by atoms with van der Waals surface area (Å²) in [7, 11) is 1.31. The third-order valence-electron chi connectivity index (χ3n) is 6.60. The van der Waals surface area contributed by atoms with Crippen LogP contribution in [0.4, 0.5) is 11.4 Å². The molecule has 0 saturated heterocycles. The number of carbonyl (C=O) groups excluding carboxylic acids is 1. The summed E-state index contributed by atoms with van der Waals surface area (Å²) in [5.74, 6) is 0.0748. The normalized spacial score (nSPS) is 14.9. The van der Waals surface area contributed by atoms with E-state index in [1.807, 2.05) is 30.3 Å². The molecular formula is C27H29N5O4. The number of para-hydroxylation sites is 1. The van der Waals surface area contributed by atoms with Crippen LogP contribution in [0.25, 0.3) is 16.7 Å². The highest BCUT2D eigenvalue weighted by Crippen LogP contribution is 2.32. The van der Waals surface area contributed by atoms with Crippen molar-refractivity contribution >= 4 is 28.2 Å². The average Bonchev–Trinajstić information content (AvgIpc) is 3.21. The minimum Gasteiger partial charge on any atom is -0.465 e. The first-order chi connectivity index (χ1) is 17.6. The smallest absolute Gasteiger partial charge is 0.339 e. The van der Waals surface area contributed by atoms with E-state index < -0.39 is 12.3 Å². The standard InChI is InChI=1S/C27H29N5O4/c1-36-26(34)20-11-5-6-12-22(20)30-27(35)29-18-14-15-23-21(17-18)25(33)32(24-13-7-8-16-28-24)31(23)19-9-3-2-4-10-19/h5-8,11-17,19,27,29-30,35H,2-4,9-10H2,1H3. The zero-order valence-corrected chi connectivity index (χ0v) is 20.1. The Kier molecular flexibility index (Phi) is 6.73. The fraction of sp³-hybridized carbons (Fsp3) is 0.296. The van der Waals surface area contributed by atoms with Crippen LogP contribution >= 0.6 is 0 Å². The highest BCUT2D eigenvalue weighted by molar-refractivity contribution is 5.95. The SMILES string of the molecule is COC(=O)c1ccccc1NC(O)Nc1ccc2c(c1)c(=O)n(-c1ccccn1)n2C1CCCCC1. The van der Waals surface area contributed by atoms with E-state index in [4.69, 9.17) is 4.74 Å². The molecule has 1 fully saturated rings. The minimum absolute atomic E-state index is 0.156. The summed E-state index contributed by atoms with van der Waals surface area (Å²) in [4.78, 5) is 30.1. The Morgan fingerprint density at radius 2 is 1.83 bits per heavy atom. The molecule has 0 spiro atoms. The van der Waals surface area contributed by atoms with E-state index in [-0.39, 0.29) is 11.6 Å². The lowest BCUT2D eigenvalue weighted by atomic mass is 9.95. The van der Waals surface area contributed by atoms with E-state index in [0.717, 1.165) is 31.2 Å². The maximum absolute atomic E-state index is 13.6. The quantitative estimate of drug-likeness (QED) is 0.264. The molecule has 0 bridgehead atoms. The fourth-order valence-electron chi connectivity index (χ4n) is 4.93. The van der Waals surface area contributed by atoms with Gasteiger partial charge in [0.25, 0.3) is 5.56 Å². The minimum atomic E-state index is -1.22. The highest BCUT2D eigenvalue weighted by atomic mass is 16.5. The number of methoxy groups -OCH3 is 1. The van der Waals surface area contributed by atoms with E-state index in [2.05, 4.69) is 20.3 Å². The number of hydrogen-bond acceptors (Lipinski definition) is 7. The van der Waals surface area contributed by atoms with Crippen LogP contribution < -0.4 is 16.2 Å². The Labute approximate surface area is 208 Å². The van der Waals surface area contributed by atoms with Gasteiger partial charge in [-0.3, -0.25) is 9.48 Å². The molecule has 3 N–H and O–H groups in total. The predicted molar refractivity (Wildman–Crippen MR) is 138 cm³/mol. The summed E-state index contributed by atoms with van der Waals surface area (Å²) in [6, 6.07) is 18.0. The van der Waals surface area contributed by atoms with E-state index in [0.29, 0.717) is 28.1 Å². The maximum atomic E-state index is 13.6. The van der Waals surface area contributed by atoms with Crippen molar-refractivity contribution in [2.75, 3.05) is 17.7 Å². The van der Waals surface area contributed by atoms with Crippen molar-refractivity contribution < 1.29 is 14.6 Å². The molecule has 2 heterocycles. The zero-order chi connectivity index (χ0) is 25.1. The number of hydrogen-bond donors (Lipinski definition) is 3. The van der Waals surface area contributed by atoms with Gasteiger partial charge in [-0.25, -0.2) is 9.78 Å². The van der Waals surface area contributed by atoms with Gasteiger partial charge in [0.15, 0.2) is 5.82 Å². The molecule has 1 saturated carbocycles. The number of fused-ring (bicyclic) bond motifs is 1. The average molecular weight is 488 g/mol. The van der Waals surface area contributed by atoms with Gasteiger partial charge in [-0.2, -0.15) is 4.68 Å². The van der Waals surface area contributed by atoms with Crippen LogP contribution in [0.3, 0.4) is 0 Å². The summed E-state index contributed by atoms with van der Waals surface area (Å²) in [5.41, 5.74) is 1.97. The molecule has 9 nitrogen and oxygen atoms in total. The number of rotatable bonds is 7. The molecule has 0 amide bonds. The van der Waals surface area contributed by atoms with Crippen LogP contribution in [0.1, 0.15) is 48.5 Å². The number of aromatic nitrogens is 3. The van der Waals surface area contributed by atoms with Gasteiger partial charge >= 0.3 is 5.97 Å². The summed E-state index contributed by atoms with van der Waals surface area (Å²) >= 11 is 0. The van der Waals surface area contributed by atoms with Gasteiger partial charge in [-0.1, -0.05) is 37.5 Å². The molecule has 2 aromatic carbocycles. The molecule has 1 atom stereocenters. The Morgan fingerprint density at radius 1 is 1.06 bits per heavy atom. The number of pyridine rings is 1. The van der Waals surface area contributed by atoms with Crippen molar-refractivity contribution in [3.8, 4) is 5.82 Å². The summed E-state index contributed by atoms with van der Waals surface area (Å²) < 4.78 is 8.57. The Morgan fingerprint density at radius 3 is 2.58 bits per heavy atom. The Bertz CT molecular complexity index is 1420. The first kappa shape index (κ1) is 23.6. The number of nitrogens with zero attached hydrogens (tertiary/aromatic N) is 3. The molecule has 1 unspecified atom stereocenters. The van der Waals surface area contributed by atoms with Gasteiger partial charge < -0.3 is 20.5 Å². The molecule has 4 aromatic rings. The lowest BCUT2D eigenvalue weighted by Gasteiger charge is -2.26. The third kappa shape index (κ3) is 4.57. The number of anilines is 2.